The molecule has 0 aliphatic heterocycles. The van der Waals surface area contributed by atoms with Crippen LogP contribution in [0.25, 0.3) is 12.2 Å². The molecular weight excluding hydrogens is 340 g/mol. The molecule has 0 bridgehead atoms. The summed E-state index contributed by atoms with van der Waals surface area (Å²) in [7, 11) is 4.76. The van der Waals surface area contributed by atoms with Gasteiger partial charge in [0.15, 0.2) is 11.5 Å². The Kier molecular flexibility index (Phi) is 5.94. The number of pyridine rings is 1. The molecule has 0 saturated heterocycles. The molecule has 27 heavy (non-hydrogen) atoms. The summed E-state index contributed by atoms with van der Waals surface area (Å²) >= 11 is 0. The first kappa shape index (κ1) is 18.3. The molecule has 5 heteroatoms. The van der Waals surface area contributed by atoms with Crippen LogP contribution in [0.4, 0.5) is 11.5 Å². The number of nitrogens with zero attached hydrogens (tertiary/aromatic N) is 1. The number of methoxy groups -OCH3 is 3. The molecule has 1 aromatic heterocycles. The van der Waals surface area contributed by atoms with Crippen LogP contribution in [0, 0.1) is 0 Å². The summed E-state index contributed by atoms with van der Waals surface area (Å²) in [6.45, 7) is 0. The molecule has 0 unspecified atom stereocenters. The van der Waals surface area contributed by atoms with Crippen LogP contribution in [0.3, 0.4) is 0 Å². The van der Waals surface area contributed by atoms with Gasteiger partial charge in [-0.1, -0.05) is 42.5 Å². The normalized spacial score (nSPS) is 10.6. The molecule has 0 atom stereocenters. The number of ether oxygens (including phenoxy) is 3. The predicted octanol–water partition coefficient (Wildman–Crippen LogP) is 5.02. The molecule has 0 amide bonds. The number of rotatable bonds is 7. The number of hydrogen-bond acceptors (Lipinski definition) is 5. The van der Waals surface area contributed by atoms with E-state index >= 15 is 0 Å². The molecule has 5 nitrogen and oxygen atoms in total. The first-order valence-corrected chi connectivity index (χ1v) is 8.50. The van der Waals surface area contributed by atoms with Crippen molar-refractivity contribution < 1.29 is 14.2 Å². The molecule has 0 radical (unpaired) electrons. The lowest BCUT2D eigenvalue weighted by Gasteiger charge is -2.15. The maximum absolute atomic E-state index is 5.39. The number of benzene rings is 2. The maximum atomic E-state index is 5.39. The van der Waals surface area contributed by atoms with Gasteiger partial charge in [-0.25, -0.2) is 4.98 Å². The summed E-state index contributed by atoms with van der Waals surface area (Å²) in [6.07, 6.45) is 4.02. The minimum absolute atomic E-state index is 0.554. The van der Waals surface area contributed by atoms with Gasteiger partial charge in [0.1, 0.15) is 5.82 Å². The topological polar surface area (TPSA) is 52.6 Å². The van der Waals surface area contributed by atoms with E-state index in [-0.39, 0.29) is 0 Å². The van der Waals surface area contributed by atoms with E-state index in [0.717, 1.165) is 22.8 Å². The molecule has 0 aliphatic carbocycles. The van der Waals surface area contributed by atoms with Crippen molar-refractivity contribution in [2.75, 3.05) is 26.6 Å². The van der Waals surface area contributed by atoms with Gasteiger partial charge in [0.25, 0.3) is 0 Å². The van der Waals surface area contributed by atoms with Crippen molar-refractivity contribution in [1.29, 1.82) is 0 Å². The Morgan fingerprint density at radius 1 is 0.778 bits per heavy atom. The van der Waals surface area contributed by atoms with E-state index in [4.69, 9.17) is 14.2 Å². The molecule has 3 aromatic rings. The Morgan fingerprint density at radius 2 is 1.48 bits per heavy atom. The van der Waals surface area contributed by atoms with Crippen molar-refractivity contribution in [2.24, 2.45) is 0 Å². The van der Waals surface area contributed by atoms with Crippen LogP contribution in [0.5, 0.6) is 17.2 Å². The van der Waals surface area contributed by atoms with Crippen molar-refractivity contribution in [3.8, 4) is 17.2 Å². The van der Waals surface area contributed by atoms with Gasteiger partial charge in [-0.3, -0.25) is 0 Å². The van der Waals surface area contributed by atoms with Crippen LogP contribution in [0.1, 0.15) is 11.3 Å². The Morgan fingerprint density at radius 3 is 2.11 bits per heavy atom. The molecule has 1 heterocycles. The fourth-order valence-corrected chi connectivity index (χ4v) is 2.66. The Hall–Kier alpha value is -3.47. The zero-order valence-electron chi connectivity index (χ0n) is 15.6. The minimum Gasteiger partial charge on any atom is -0.493 e. The molecule has 3 rings (SSSR count). The van der Waals surface area contributed by atoms with E-state index in [1.165, 1.54) is 0 Å². The lowest BCUT2D eigenvalue weighted by molar-refractivity contribution is 0.324. The predicted molar refractivity (Wildman–Crippen MR) is 109 cm³/mol. The van der Waals surface area contributed by atoms with Crippen molar-refractivity contribution >= 4 is 23.7 Å². The van der Waals surface area contributed by atoms with E-state index in [9.17, 15) is 0 Å². The second kappa shape index (κ2) is 8.76. The van der Waals surface area contributed by atoms with Gasteiger partial charge in [-0.2, -0.15) is 0 Å². The number of aromatic nitrogens is 1. The smallest absolute Gasteiger partial charge is 0.203 e. The number of hydrogen-bond donors (Lipinski definition) is 1. The van der Waals surface area contributed by atoms with Gasteiger partial charge >= 0.3 is 0 Å². The summed E-state index contributed by atoms with van der Waals surface area (Å²) in [5, 5.41) is 3.28. The van der Waals surface area contributed by atoms with Crippen molar-refractivity contribution in [3.63, 3.8) is 0 Å². The maximum Gasteiger partial charge on any atom is 0.203 e. The Bertz CT molecular complexity index is 899. The van der Waals surface area contributed by atoms with Gasteiger partial charge in [0, 0.05) is 17.8 Å². The summed E-state index contributed by atoms with van der Waals surface area (Å²) in [6, 6.07) is 19.6. The molecule has 0 aliphatic rings. The highest BCUT2D eigenvalue weighted by Crippen LogP contribution is 2.40. The second-order valence-corrected chi connectivity index (χ2v) is 5.73. The van der Waals surface area contributed by atoms with Crippen LogP contribution >= 0.6 is 0 Å². The molecule has 0 spiro atoms. The molecule has 0 saturated carbocycles. The monoisotopic (exact) mass is 362 g/mol. The van der Waals surface area contributed by atoms with E-state index in [1.807, 2.05) is 60.7 Å². The van der Waals surface area contributed by atoms with Crippen LogP contribution in [-0.4, -0.2) is 26.3 Å². The average molecular weight is 362 g/mol. The molecular formula is C22H22N2O3. The minimum atomic E-state index is 0.554. The van der Waals surface area contributed by atoms with Crippen LogP contribution in [0.15, 0.2) is 60.7 Å². The highest BCUT2D eigenvalue weighted by molar-refractivity contribution is 5.70. The molecule has 0 fully saturated rings. The first-order valence-electron chi connectivity index (χ1n) is 8.50. The van der Waals surface area contributed by atoms with E-state index in [0.29, 0.717) is 17.2 Å². The zero-order chi connectivity index (χ0) is 19.1. The van der Waals surface area contributed by atoms with Crippen molar-refractivity contribution in [1.82, 2.24) is 4.98 Å². The second-order valence-electron chi connectivity index (χ2n) is 5.73. The summed E-state index contributed by atoms with van der Waals surface area (Å²) in [5.74, 6) is 2.44. The fourth-order valence-electron chi connectivity index (χ4n) is 2.66. The number of anilines is 2. The van der Waals surface area contributed by atoms with Crippen LogP contribution in [0.2, 0.25) is 0 Å². The lowest BCUT2D eigenvalue weighted by atomic mass is 10.2. The Labute approximate surface area is 159 Å². The molecule has 1 N–H and O–H groups in total. The molecule has 138 valence electrons. The lowest BCUT2D eigenvalue weighted by Crippen LogP contribution is -1.99. The third-order valence-corrected chi connectivity index (χ3v) is 3.95. The van der Waals surface area contributed by atoms with Gasteiger partial charge in [-0.15, -0.1) is 0 Å². The fraction of sp³-hybridized carbons (Fsp3) is 0.136. The Balaban J connectivity index is 1.83. The van der Waals surface area contributed by atoms with E-state index in [2.05, 4.69) is 22.4 Å². The summed E-state index contributed by atoms with van der Waals surface area (Å²) < 4.78 is 16.1. The summed E-state index contributed by atoms with van der Waals surface area (Å²) in [4.78, 5) is 4.63. The van der Waals surface area contributed by atoms with Crippen molar-refractivity contribution in [2.45, 2.75) is 0 Å². The van der Waals surface area contributed by atoms with Crippen LogP contribution < -0.4 is 19.5 Å². The third-order valence-electron chi connectivity index (χ3n) is 3.95. The van der Waals surface area contributed by atoms with E-state index in [1.54, 1.807) is 21.3 Å². The third kappa shape index (κ3) is 4.58. The van der Waals surface area contributed by atoms with Gasteiger partial charge < -0.3 is 19.5 Å². The zero-order valence-corrected chi connectivity index (χ0v) is 15.6. The summed E-state index contributed by atoms with van der Waals surface area (Å²) in [5.41, 5.74) is 2.78. The SMILES string of the molecule is COc1cc(Nc2cccc(/C=C/c3ccccc3)n2)cc(OC)c1OC. The molecule has 2 aromatic carbocycles. The van der Waals surface area contributed by atoms with Gasteiger partial charge in [0.2, 0.25) is 5.75 Å². The van der Waals surface area contributed by atoms with Crippen LogP contribution in [-0.2, 0) is 0 Å². The van der Waals surface area contributed by atoms with E-state index < -0.39 is 0 Å². The quantitative estimate of drug-likeness (QED) is 0.639. The highest BCUT2D eigenvalue weighted by Gasteiger charge is 2.13. The standard InChI is InChI=1S/C22H22N2O3/c1-25-19-14-18(15-20(26-2)22(19)27-3)24-21-11-7-10-17(23-21)13-12-16-8-5-4-6-9-16/h4-15H,1-3H3,(H,23,24)/b13-12+. The average Bonchev–Trinajstić information content (AvgIpc) is 2.72. The van der Waals surface area contributed by atoms with Gasteiger partial charge in [-0.05, 0) is 23.8 Å². The largest absolute Gasteiger partial charge is 0.493 e. The highest BCUT2D eigenvalue weighted by atomic mass is 16.5. The number of nitrogens with one attached hydrogen (secondary N) is 1. The first-order chi connectivity index (χ1) is 13.2. The van der Waals surface area contributed by atoms with Crippen molar-refractivity contribution in [3.05, 3.63) is 71.9 Å². The van der Waals surface area contributed by atoms with Gasteiger partial charge in [0.05, 0.1) is 27.0 Å².